The van der Waals surface area contributed by atoms with E-state index < -0.39 is 0 Å². The first kappa shape index (κ1) is 10.6. The second-order valence-electron chi connectivity index (χ2n) is 3.67. The molecule has 0 amide bonds. The van der Waals surface area contributed by atoms with E-state index in [-0.39, 0.29) is 6.04 Å². The molecule has 0 aliphatic carbocycles. The van der Waals surface area contributed by atoms with E-state index in [1.165, 1.54) is 0 Å². The third-order valence-corrected chi connectivity index (χ3v) is 2.19. The highest BCUT2D eigenvalue weighted by molar-refractivity contribution is 5.24. The van der Waals surface area contributed by atoms with Crippen LogP contribution in [0, 0.1) is 0 Å². The van der Waals surface area contributed by atoms with Crippen LogP contribution in [0.25, 0.3) is 0 Å². The van der Waals surface area contributed by atoms with Crippen LogP contribution in [-0.4, -0.2) is 14.8 Å². The lowest BCUT2D eigenvalue weighted by Gasteiger charge is -2.06. The van der Waals surface area contributed by atoms with E-state index in [9.17, 15) is 0 Å². The minimum Gasteiger partial charge on any atom is -0.436 e. The normalized spacial score (nSPS) is 12.4. The summed E-state index contributed by atoms with van der Waals surface area (Å²) >= 11 is 0. The van der Waals surface area contributed by atoms with Gasteiger partial charge in [0.15, 0.2) is 5.75 Å². The van der Waals surface area contributed by atoms with Crippen LogP contribution in [0.1, 0.15) is 18.5 Å². The number of hydrogen-bond acceptors (Lipinski definition) is 4. The Bertz CT molecular complexity index is 461. The van der Waals surface area contributed by atoms with E-state index in [2.05, 4.69) is 10.1 Å². The first-order chi connectivity index (χ1) is 7.65. The van der Waals surface area contributed by atoms with E-state index in [1.54, 1.807) is 29.3 Å². The number of ether oxygens (including phenoxy) is 1. The molecule has 2 aromatic heterocycles. The summed E-state index contributed by atoms with van der Waals surface area (Å²) in [6.45, 7) is 1.92. The Morgan fingerprint density at radius 3 is 2.69 bits per heavy atom. The summed E-state index contributed by atoms with van der Waals surface area (Å²) in [5.74, 6) is 1.21. The molecular formula is C11H14N4O. The zero-order valence-electron chi connectivity index (χ0n) is 9.29. The molecule has 0 bridgehead atoms. The number of nitrogens with zero attached hydrogens (tertiary/aromatic N) is 3. The fraction of sp³-hybridized carbons (Fsp3) is 0.273. The molecule has 0 spiro atoms. The third kappa shape index (κ3) is 2.38. The number of nitrogens with two attached hydrogens (primary N) is 1. The van der Waals surface area contributed by atoms with Crippen LogP contribution in [0.5, 0.6) is 11.6 Å². The molecule has 84 valence electrons. The average Bonchev–Trinajstić information content (AvgIpc) is 2.65. The molecule has 0 aromatic carbocycles. The number of aromatic nitrogens is 3. The molecule has 5 heteroatoms. The maximum absolute atomic E-state index is 5.73. The van der Waals surface area contributed by atoms with Gasteiger partial charge >= 0.3 is 0 Å². The number of rotatable bonds is 3. The van der Waals surface area contributed by atoms with E-state index in [1.807, 2.05) is 20.0 Å². The van der Waals surface area contributed by atoms with Crippen molar-refractivity contribution < 1.29 is 4.74 Å². The van der Waals surface area contributed by atoms with Gasteiger partial charge in [0.1, 0.15) is 0 Å². The second-order valence-corrected chi connectivity index (χ2v) is 3.67. The Morgan fingerprint density at radius 2 is 2.19 bits per heavy atom. The van der Waals surface area contributed by atoms with Gasteiger partial charge in [-0.05, 0) is 12.5 Å². The predicted octanol–water partition coefficient (Wildman–Crippen LogP) is 1.63. The second kappa shape index (κ2) is 4.32. The van der Waals surface area contributed by atoms with Crippen molar-refractivity contribution in [1.82, 2.24) is 14.8 Å². The Morgan fingerprint density at radius 1 is 1.38 bits per heavy atom. The molecule has 0 aliphatic rings. The number of pyridine rings is 1. The molecule has 5 nitrogen and oxygen atoms in total. The summed E-state index contributed by atoms with van der Waals surface area (Å²) in [5, 5.41) is 4.00. The maximum atomic E-state index is 5.73. The molecule has 1 atom stereocenters. The van der Waals surface area contributed by atoms with Gasteiger partial charge in [0.05, 0.1) is 12.4 Å². The van der Waals surface area contributed by atoms with Crippen LogP contribution < -0.4 is 10.5 Å². The van der Waals surface area contributed by atoms with Crippen molar-refractivity contribution in [2.45, 2.75) is 13.0 Å². The first-order valence-electron chi connectivity index (χ1n) is 5.03. The molecule has 2 aromatic rings. The maximum Gasteiger partial charge on any atom is 0.219 e. The van der Waals surface area contributed by atoms with Gasteiger partial charge in [-0.15, -0.1) is 0 Å². The fourth-order valence-corrected chi connectivity index (χ4v) is 1.29. The molecule has 2 heterocycles. The standard InChI is InChI=1S/C11H14N4O/c1-8(12)9-3-4-11(13-5-9)16-10-6-14-15(2)7-10/h3-8H,12H2,1-2H3/t8-/m0/s1. The summed E-state index contributed by atoms with van der Waals surface area (Å²) < 4.78 is 7.17. The summed E-state index contributed by atoms with van der Waals surface area (Å²) in [4.78, 5) is 4.17. The predicted molar refractivity (Wildman–Crippen MR) is 60.1 cm³/mol. The Labute approximate surface area is 93.9 Å². The molecule has 0 fully saturated rings. The van der Waals surface area contributed by atoms with Crippen LogP contribution in [-0.2, 0) is 7.05 Å². The van der Waals surface area contributed by atoms with Gasteiger partial charge in [-0.2, -0.15) is 5.10 Å². The zero-order valence-corrected chi connectivity index (χ0v) is 9.29. The van der Waals surface area contributed by atoms with Gasteiger partial charge < -0.3 is 10.5 Å². The summed E-state index contributed by atoms with van der Waals surface area (Å²) in [6, 6.07) is 3.69. The van der Waals surface area contributed by atoms with Crippen LogP contribution >= 0.6 is 0 Å². The molecule has 0 radical (unpaired) electrons. The smallest absolute Gasteiger partial charge is 0.219 e. The summed E-state index contributed by atoms with van der Waals surface area (Å²) in [7, 11) is 1.83. The van der Waals surface area contributed by atoms with Gasteiger partial charge in [-0.3, -0.25) is 4.68 Å². The van der Waals surface area contributed by atoms with E-state index in [4.69, 9.17) is 10.5 Å². The van der Waals surface area contributed by atoms with Crippen molar-refractivity contribution in [2.75, 3.05) is 0 Å². The Balaban J connectivity index is 2.11. The van der Waals surface area contributed by atoms with Crippen LogP contribution in [0.2, 0.25) is 0 Å². The van der Waals surface area contributed by atoms with Crippen LogP contribution in [0.15, 0.2) is 30.7 Å². The van der Waals surface area contributed by atoms with Crippen molar-refractivity contribution in [3.8, 4) is 11.6 Å². The zero-order chi connectivity index (χ0) is 11.5. The van der Waals surface area contributed by atoms with Gasteiger partial charge in [0.2, 0.25) is 5.88 Å². The highest BCUT2D eigenvalue weighted by atomic mass is 16.5. The van der Waals surface area contributed by atoms with Crippen molar-refractivity contribution in [3.63, 3.8) is 0 Å². The summed E-state index contributed by atoms with van der Waals surface area (Å²) in [6.07, 6.45) is 5.14. The molecule has 0 saturated carbocycles. The van der Waals surface area contributed by atoms with Gasteiger partial charge in [0, 0.05) is 25.4 Å². The first-order valence-corrected chi connectivity index (χ1v) is 5.03. The van der Waals surface area contributed by atoms with Crippen molar-refractivity contribution in [1.29, 1.82) is 0 Å². The van der Waals surface area contributed by atoms with Crippen molar-refractivity contribution in [3.05, 3.63) is 36.3 Å². The molecule has 0 saturated heterocycles. The molecule has 0 unspecified atom stereocenters. The van der Waals surface area contributed by atoms with Crippen LogP contribution in [0.3, 0.4) is 0 Å². The highest BCUT2D eigenvalue weighted by Crippen LogP contribution is 2.19. The molecule has 2 N–H and O–H groups in total. The molecular weight excluding hydrogens is 204 g/mol. The minimum absolute atomic E-state index is 0.0139. The van der Waals surface area contributed by atoms with Gasteiger partial charge in [-0.1, -0.05) is 6.07 Å². The Kier molecular flexibility index (Phi) is 2.87. The minimum atomic E-state index is -0.0139. The Hall–Kier alpha value is -1.88. The van der Waals surface area contributed by atoms with Crippen molar-refractivity contribution >= 4 is 0 Å². The van der Waals surface area contributed by atoms with E-state index >= 15 is 0 Å². The van der Waals surface area contributed by atoms with E-state index in [0.717, 1.165) is 5.56 Å². The average molecular weight is 218 g/mol. The third-order valence-electron chi connectivity index (χ3n) is 2.19. The summed E-state index contributed by atoms with van der Waals surface area (Å²) in [5.41, 5.74) is 6.71. The topological polar surface area (TPSA) is 66.0 Å². The lowest BCUT2D eigenvalue weighted by Crippen LogP contribution is -2.05. The highest BCUT2D eigenvalue weighted by Gasteiger charge is 2.03. The van der Waals surface area contributed by atoms with Gasteiger partial charge in [0.25, 0.3) is 0 Å². The fourth-order valence-electron chi connectivity index (χ4n) is 1.29. The van der Waals surface area contributed by atoms with E-state index in [0.29, 0.717) is 11.6 Å². The number of aryl methyl sites for hydroxylation is 1. The quantitative estimate of drug-likeness (QED) is 0.850. The lowest BCUT2D eigenvalue weighted by atomic mass is 10.2. The van der Waals surface area contributed by atoms with Crippen LogP contribution in [0.4, 0.5) is 0 Å². The molecule has 2 rings (SSSR count). The number of hydrogen-bond donors (Lipinski definition) is 1. The monoisotopic (exact) mass is 218 g/mol. The molecule has 0 aliphatic heterocycles. The molecule has 16 heavy (non-hydrogen) atoms. The van der Waals surface area contributed by atoms with Crippen molar-refractivity contribution in [2.24, 2.45) is 12.8 Å². The van der Waals surface area contributed by atoms with Gasteiger partial charge in [-0.25, -0.2) is 4.98 Å². The SMILES string of the molecule is C[C@H](N)c1ccc(Oc2cnn(C)c2)nc1. The lowest BCUT2D eigenvalue weighted by molar-refractivity contribution is 0.461. The largest absolute Gasteiger partial charge is 0.436 e.